The summed E-state index contributed by atoms with van der Waals surface area (Å²) in [6.07, 6.45) is 1.89. The monoisotopic (exact) mass is 283 g/mol. The van der Waals surface area contributed by atoms with Gasteiger partial charge in [0.2, 0.25) is 12.2 Å². The lowest BCUT2D eigenvalue weighted by Gasteiger charge is -2.14. The second-order valence-corrected chi connectivity index (χ2v) is 4.21. The molecule has 0 fully saturated rings. The zero-order valence-corrected chi connectivity index (χ0v) is 11.2. The molecule has 6 nitrogen and oxygen atoms in total. The highest BCUT2D eigenvalue weighted by Crippen LogP contribution is 2.35. The molecule has 0 atom stereocenters. The van der Waals surface area contributed by atoms with Crippen LogP contribution in [-0.2, 0) is 13.0 Å². The lowest BCUT2D eigenvalue weighted by molar-refractivity contribution is 0.267. The van der Waals surface area contributed by atoms with Crippen LogP contribution in [0.1, 0.15) is 11.4 Å². The SMILES string of the molecule is COc1cc(Cl)cc(CCN)c1OCc1ncon1. The Labute approximate surface area is 115 Å². The number of rotatable bonds is 6. The van der Waals surface area contributed by atoms with Gasteiger partial charge in [0, 0.05) is 16.7 Å². The number of nitrogens with zero attached hydrogens (tertiary/aromatic N) is 2. The van der Waals surface area contributed by atoms with Crippen LogP contribution in [0.15, 0.2) is 23.0 Å². The lowest BCUT2D eigenvalue weighted by atomic mass is 10.1. The van der Waals surface area contributed by atoms with Gasteiger partial charge in [-0.15, -0.1) is 0 Å². The zero-order valence-electron chi connectivity index (χ0n) is 10.4. The Hall–Kier alpha value is -1.79. The van der Waals surface area contributed by atoms with Crippen LogP contribution >= 0.6 is 11.6 Å². The first-order valence-corrected chi connectivity index (χ1v) is 6.07. The first-order valence-electron chi connectivity index (χ1n) is 5.69. The van der Waals surface area contributed by atoms with Crippen molar-refractivity contribution in [2.45, 2.75) is 13.0 Å². The van der Waals surface area contributed by atoms with Crippen LogP contribution in [0.5, 0.6) is 11.5 Å². The van der Waals surface area contributed by atoms with Crippen LogP contribution in [0.2, 0.25) is 5.02 Å². The molecular weight excluding hydrogens is 270 g/mol. The number of hydrogen-bond acceptors (Lipinski definition) is 6. The van der Waals surface area contributed by atoms with Gasteiger partial charge < -0.3 is 19.7 Å². The van der Waals surface area contributed by atoms with Gasteiger partial charge in [-0.3, -0.25) is 0 Å². The fraction of sp³-hybridized carbons (Fsp3) is 0.333. The molecule has 1 aromatic carbocycles. The second kappa shape index (κ2) is 6.40. The summed E-state index contributed by atoms with van der Waals surface area (Å²) >= 11 is 6.02. The maximum Gasteiger partial charge on any atom is 0.213 e. The average molecular weight is 284 g/mol. The number of halogens is 1. The van der Waals surface area contributed by atoms with Crippen LogP contribution in [-0.4, -0.2) is 23.8 Å². The Morgan fingerprint density at radius 2 is 2.26 bits per heavy atom. The Balaban J connectivity index is 2.24. The van der Waals surface area contributed by atoms with E-state index in [0.29, 0.717) is 35.3 Å². The quantitative estimate of drug-likeness (QED) is 0.870. The minimum atomic E-state index is 0.187. The van der Waals surface area contributed by atoms with Crippen molar-refractivity contribution in [3.63, 3.8) is 0 Å². The molecule has 0 unspecified atom stereocenters. The topological polar surface area (TPSA) is 83.4 Å². The van der Waals surface area contributed by atoms with Gasteiger partial charge in [0.25, 0.3) is 0 Å². The molecule has 0 spiro atoms. The molecule has 0 aliphatic heterocycles. The van der Waals surface area contributed by atoms with E-state index >= 15 is 0 Å². The number of nitrogens with two attached hydrogens (primary N) is 1. The van der Waals surface area contributed by atoms with E-state index < -0.39 is 0 Å². The highest BCUT2D eigenvalue weighted by Gasteiger charge is 2.13. The van der Waals surface area contributed by atoms with Crippen LogP contribution in [0, 0.1) is 0 Å². The minimum absolute atomic E-state index is 0.187. The Morgan fingerprint density at radius 1 is 1.42 bits per heavy atom. The Morgan fingerprint density at radius 3 is 2.89 bits per heavy atom. The Bertz CT molecular complexity index is 531. The van der Waals surface area contributed by atoms with Crippen LogP contribution in [0.25, 0.3) is 0 Å². The maximum atomic E-state index is 6.02. The van der Waals surface area contributed by atoms with Crippen molar-refractivity contribution in [2.24, 2.45) is 5.73 Å². The third kappa shape index (κ3) is 3.36. The highest BCUT2D eigenvalue weighted by atomic mass is 35.5. The van der Waals surface area contributed by atoms with Crippen molar-refractivity contribution in [3.8, 4) is 11.5 Å². The molecule has 0 radical (unpaired) electrons. The third-order valence-electron chi connectivity index (χ3n) is 2.48. The normalized spacial score (nSPS) is 10.5. The number of ether oxygens (including phenoxy) is 2. The summed E-state index contributed by atoms with van der Waals surface area (Å²) in [6, 6.07) is 3.50. The standard InChI is InChI=1S/C12H14ClN3O3/c1-17-10-5-9(13)4-8(2-3-14)12(10)18-6-11-15-7-19-16-11/h4-5,7H,2-3,6,14H2,1H3. The molecule has 1 aromatic heterocycles. The molecule has 102 valence electrons. The molecule has 1 heterocycles. The van der Waals surface area contributed by atoms with E-state index in [9.17, 15) is 0 Å². The number of aromatic nitrogens is 2. The van der Waals surface area contributed by atoms with Crippen molar-refractivity contribution in [1.82, 2.24) is 10.1 Å². The lowest BCUT2D eigenvalue weighted by Crippen LogP contribution is -2.07. The van der Waals surface area contributed by atoms with E-state index in [1.54, 1.807) is 13.2 Å². The van der Waals surface area contributed by atoms with Gasteiger partial charge in [0.15, 0.2) is 18.1 Å². The largest absolute Gasteiger partial charge is 0.493 e. The van der Waals surface area contributed by atoms with Gasteiger partial charge in [-0.2, -0.15) is 4.98 Å². The molecule has 0 aliphatic carbocycles. The molecule has 7 heteroatoms. The van der Waals surface area contributed by atoms with Crippen molar-refractivity contribution in [3.05, 3.63) is 34.9 Å². The molecule has 0 saturated heterocycles. The molecule has 2 aromatic rings. The van der Waals surface area contributed by atoms with Gasteiger partial charge >= 0.3 is 0 Å². The van der Waals surface area contributed by atoms with Crippen LogP contribution in [0.3, 0.4) is 0 Å². The van der Waals surface area contributed by atoms with E-state index in [1.807, 2.05) is 6.07 Å². The molecule has 0 aliphatic rings. The summed E-state index contributed by atoms with van der Waals surface area (Å²) in [5, 5.41) is 4.25. The van der Waals surface area contributed by atoms with Crippen LogP contribution in [0.4, 0.5) is 0 Å². The zero-order chi connectivity index (χ0) is 13.7. The summed E-state index contributed by atoms with van der Waals surface area (Å²) in [7, 11) is 1.55. The van der Waals surface area contributed by atoms with Crippen molar-refractivity contribution in [1.29, 1.82) is 0 Å². The second-order valence-electron chi connectivity index (χ2n) is 3.77. The number of hydrogen-bond donors (Lipinski definition) is 1. The molecule has 2 rings (SSSR count). The predicted molar refractivity (Wildman–Crippen MR) is 69.4 cm³/mol. The van der Waals surface area contributed by atoms with Gasteiger partial charge in [0.05, 0.1) is 7.11 Å². The molecule has 2 N–H and O–H groups in total. The minimum Gasteiger partial charge on any atom is -0.493 e. The van der Waals surface area contributed by atoms with E-state index in [4.69, 9.17) is 26.8 Å². The first-order chi connectivity index (χ1) is 9.24. The molecule has 19 heavy (non-hydrogen) atoms. The van der Waals surface area contributed by atoms with Gasteiger partial charge in [-0.25, -0.2) is 0 Å². The third-order valence-corrected chi connectivity index (χ3v) is 2.70. The van der Waals surface area contributed by atoms with Gasteiger partial charge in [-0.05, 0) is 19.0 Å². The smallest absolute Gasteiger partial charge is 0.213 e. The average Bonchev–Trinajstić information content (AvgIpc) is 2.90. The van der Waals surface area contributed by atoms with E-state index in [1.165, 1.54) is 6.39 Å². The molecule has 0 saturated carbocycles. The van der Waals surface area contributed by atoms with E-state index in [-0.39, 0.29) is 6.61 Å². The van der Waals surface area contributed by atoms with E-state index in [2.05, 4.69) is 14.7 Å². The molecular formula is C12H14ClN3O3. The van der Waals surface area contributed by atoms with E-state index in [0.717, 1.165) is 5.56 Å². The summed E-state index contributed by atoms with van der Waals surface area (Å²) in [6.45, 7) is 0.675. The fourth-order valence-electron chi connectivity index (χ4n) is 1.67. The Kier molecular flexibility index (Phi) is 4.59. The summed E-state index contributed by atoms with van der Waals surface area (Å²) in [5.41, 5.74) is 6.47. The predicted octanol–water partition coefficient (Wildman–Crippen LogP) is 1.81. The van der Waals surface area contributed by atoms with Gasteiger partial charge in [-0.1, -0.05) is 16.8 Å². The summed E-state index contributed by atoms with van der Waals surface area (Å²) in [5.74, 6) is 1.61. The number of benzene rings is 1. The van der Waals surface area contributed by atoms with Crippen LogP contribution < -0.4 is 15.2 Å². The first kappa shape index (κ1) is 13.6. The number of methoxy groups -OCH3 is 1. The maximum absolute atomic E-state index is 6.02. The van der Waals surface area contributed by atoms with Crippen molar-refractivity contribution >= 4 is 11.6 Å². The molecule has 0 amide bonds. The molecule has 0 bridgehead atoms. The highest BCUT2D eigenvalue weighted by molar-refractivity contribution is 6.30. The summed E-state index contributed by atoms with van der Waals surface area (Å²) < 4.78 is 15.6. The fourth-order valence-corrected chi connectivity index (χ4v) is 1.90. The van der Waals surface area contributed by atoms with Crippen molar-refractivity contribution < 1.29 is 14.0 Å². The van der Waals surface area contributed by atoms with Gasteiger partial charge in [0.1, 0.15) is 0 Å². The summed E-state index contributed by atoms with van der Waals surface area (Å²) in [4.78, 5) is 3.89. The van der Waals surface area contributed by atoms with Crippen molar-refractivity contribution in [2.75, 3.05) is 13.7 Å².